The molecule has 6 heteroatoms. The predicted molar refractivity (Wildman–Crippen MR) is 100 cm³/mol. The lowest BCUT2D eigenvalue weighted by atomic mass is 10.2. The Balaban J connectivity index is 1.79. The monoisotopic (exact) mass is 368 g/mol. The molecule has 0 N–H and O–H groups in total. The SMILES string of the molecule is CCC(CN1CCN(C(=O)OC(C)(C)C)CC1)Oc1ccc(Cl)cc1. The van der Waals surface area contributed by atoms with E-state index in [4.69, 9.17) is 21.1 Å². The summed E-state index contributed by atoms with van der Waals surface area (Å²) >= 11 is 5.91. The van der Waals surface area contributed by atoms with Gasteiger partial charge in [0.2, 0.25) is 0 Å². The third-order valence-corrected chi connectivity index (χ3v) is 4.31. The van der Waals surface area contributed by atoms with Crippen LogP contribution >= 0.6 is 11.6 Å². The van der Waals surface area contributed by atoms with E-state index in [-0.39, 0.29) is 12.2 Å². The minimum Gasteiger partial charge on any atom is -0.489 e. The molecule has 1 amide bonds. The summed E-state index contributed by atoms with van der Waals surface area (Å²) in [6.45, 7) is 11.7. The van der Waals surface area contributed by atoms with Crippen molar-refractivity contribution in [2.75, 3.05) is 32.7 Å². The number of amides is 1. The molecule has 1 atom stereocenters. The Bertz CT molecular complexity index is 549. The Morgan fingerprint density at radius 2 is 1.76 bits per heavy atom. The summed E-state index contributed by atoms with van der Waals surface area (Å²) in [4.78, 5) is 16.2. The van der Waals surface area contributed by atoms with Crippen molar-refractivity contribution in [3.05, 3.63) is 29.3 Å². The van der Waals surface area contributed by atoms with Gasteiger partial charge in [0.1, 0.15) is 17.5 Å². The summed E-state index contributed by atoms with van der Waals surface area (Å²) in [6.07, 6.45) is 0.820. The Morgan fingerprint density at radius 1 is 1.16 bits per heavy atom. The maximum Gasteiger partial charge on any atom is 0.410 e. The van der Waals surface area contributed by atoms with Gasteiger partial charge in [-0.15, -0.1) is 0 Å². The zero-order valence-corrected chi connectivity index (χ0v) is 16.4. The van der Waals surface area contributed by atoms with E-state index in [1.54, 1.807) is 4.90 Å². The number of ether oxygens (including phenoxy) is 2. The molecule has 0 saturated carbocycles. The van der Waals surface area contributed by atoms with E-state index in [2.05, 4.69) is 11.8 Å². The first kappa shape index (κ1) is 19.9. The highest BCUT2D eigenvalue weighted by molar-refractivity contribution is 6.30. The topological polar surface area (TPSA) is 42.0 Å². The zero-order valence-electron chi connectivity index (χ0n) is 15.6. The highest BCUT2D eigenvalue weighted by atomic mass is 35.5. The van der Waals surface area contributed by atoms with Crippen molar-refractivity contribution in [1.29, 1.82) is 0 Å². The molecule has 140 valence electrons. The van der Waals surface area contributed by atoms with Crippen molar-refractivity contribution in [1.82, 2.24) is 9.80 Å². The Kier molecular flexibility index (Phi) is 6.96. The van der Waals surface area contributed by atoms with Crippen LogP contribution in [0.1, 0.15) is 34.1 Å². The number of nitrogens with zero attached hydrogens (tertiary/aromatic N) is 2. The lowest BCUT2D eigenvalue weighted by molar-refractivity contribution is 0.0111. The van der Waals surface area contributed by atoms with Crippen LogP contribution in [0.15, 0.2) is 24.3 Å². The zero-order chi connectivity index (χ0) is 18.4. The average molecular weight is 369 g/mol. The molecule has 1 heterocycles. The van der Waals surface area contributed by atoms with Crippen LogP contribution in [0.25, 0.3) is 0 Å². The summed E-state index contributed by atoms with van der Waals surface area (Å²) in [5.74, 6) is 0.837. The first-order chi connectivity index (χ1) is 11.8. The van der Waals surface area contributed by atoms with Crippen molar-refractivity contribution in [2.24, 2.45) is 0 Å². The smallest absolute Gasteiger partial charge is 0.410 e. The van der Waals surface area contributed by atoms with Crippen LogP contribution < -0.4 is 4.74 Å². The van der Waals surface area contributed by atoms with Crippen molar-refractivity contribution in [3.63, 3.8) is 0 Å². The Hall–Kier alpha value is -1.46. The highest BCUT2D eigenvalue weighted by Crippen LogP contribution is 2.18. The third kappa shape index (κ3) is 6.75. The number of hydrogen-bond donors (Lipinski definition) is 0. The lowest BCUT2D eigenvalue weighted by Crippen LogP contribution is -2.51. The van der Waals surface area contributed by atoms with Crippen LogP contribution in [0.3, 0.4) is 0 Å². The van der Waals surface area contributed by atoms with Gasteiger partial charge >= 0.3 is 6.09 Å². The number of carbonyl (C=O) groups is 1. The molecular formula is C19H29ClN2O3. The highest BCUT2D eigenvalue weighted by Gasteiger charge is 2.26. The Labute approximate surface area is 155 Å². The van der Waals surface area contributed by atoms with Crippen molar-refractivity contribution < 1.29 is 14.3 Å². The van der Waals surface area contributed by atoms with Crippen LogP contribution in [0.5, 0.6) is 5.75 Å². The maximum atomic E-state index is 12.1. The molecule has 2 rings (SSSR count). The predicted octanol–water partition coefficient (Wildman–Crippen LogP) is 4.05. The molecule has 0 spiro atoms. The molecule has 0 aliphatic carbocycles. The van der Waals surface area contributed by atoms with Crippen LogP contribution in [0, 0.1) is 0 Å². The standard InChI is InChI=1S/C19H29ClN2O3/c1-5-16(24-17-8-6-15(20)7-9-17)14-21-10-12-22(13-11-21)18(23)25-19(2,3)4/h6-9,16H,5,10-14H2,1-4H3. The second-order valence-corrected chi connectivity index (χ2v) is 7.81. The minimum absolute atomic E-state index is 0.120. The number of halogens is 1. The van der Waals surface area contributed by atoms with Gasteiger partial charge in [0.15, 0.2) is 0 Å². The van der Waals surface area contributed by atoms with Crippen molar-refractivity contribution in [3.8, 4) is 5.75 Å². The second kappa shape index (κ2) is 8.77. The van der Waals surface area contributed by atoms with Gasteiger partial charge in [0.05, 0.1) is 0 Å². The molecule has 1 aliphatic rings. The lowest BCUT2D eigenvalue weighted by Gasteiger charge is -2.36. The van der Waals surface area contributed by atoms with Crippen molar-refractivity contribution in [2.45, 2.75) is 45.8 Å². The molecular weight excluding hydrogens is 340 g/mol. The van der Waals surface area contributed by atoms with Crippen LogP contribution in [-0.2, 0) is 4.74 Å². The van der Waals surface area contributed by atoms with Gasteiger partial charge in [-0.3, -0.25) is 4.90 Å². The van der Waals surface area contributed by atoms with Gasteiger partial charge in [-0.05, 0) is 51.5 Å². The Morgan fingerprint density at radius 3 is 2.28 bits per heavy atom. The van der Waals surface area contributed by atoms with Gasteiger partial charge < -0.3 is 14.4 Å². The summed E-state index contributed by atoms with van der Waals surface area (Å²) in [5, 5.41) is 0.707. The molecule has 1 saturated heterocycles. The summed E-state index contributed by atoms with van der Waals surface area (Å²) in [5.41, 5.74) is -0.450. The van der Waals surface area contributed by atoms with E-state index >= 15 is 0 Å². The number of piperazine rings is 1. The number of rotatable bonds is 5. The molecule has 0 aromatic heterocycles. The number of carbonyl (C=O) groups excluding carboxylic acids is 1. The molecule has 0 radical (unpaired) electrons. The number of hydrogen-bond acceptors (Lipinski definition) is 4. The molecule has 0 bridgehead atoms. The molecule has 1 unspecified atom stereocenters. The molecule has 5 nitrogen and oxygen atoms in total. The third-order valence-electron chi connectivity index (χ3n) is 4.06. The van der Waals surface area contributed by atoms with E-state index in [9.17, 15) is 4.79 Å². The van der Waals surface area contributed by atoms with Gasteiger partial charge in [0, 0.05) is 37.7 Å². The van der Waals surface area contributed by atoms with Crippen LogP contribution in [0.4, 0.5) is 4.79 Å². The fraction of sp³-hybridized carbons (Fsp3) is 0.632. The fourth-order valence-corrected chi connectivity index (χ4v) is 2.81. The van der Waals surface area contributed by atoms with Crippen LogP contribution in [0.2, 0.25) is 5.02 Å². The molecule has 1 aliphatic heterocycles. The summed E-state index contributed by atoms with van der Waals surface area (Å²) in [7, 11) is 0. The molecule has 1 aromatic carbocycles. The van der Waals surface area contributed by atoms with Gasteiger partial charge in [-0.1, -0.05) is 18.5 Å². The quantitative estimate of drug-likeness (QED) is 0.786. The first-order valence-corrected chi connectivity index (χ1v) is 9.27. The molecule has 1 aromatic rings. The normalized spacial score (nSPS) is 17.2. The first-order valence-electron chi connectivity index (χ1n) is 8.89. The summed E-state index contributed by atoms with van der Waals surface area (Å²) in [6, 6.07) is 7.46. The van der Waals surface area contributed by atoms with E-state index in [1.165, 1.54) is 0 Å². The van der Waals surface area contributed by atoms with Gasteiger partial charge in [-0.2, -0.15) is 0 Å². The van der Waals surface area contributed by atoms with Gasteiger partial charge in [0.25, 0.3) is 0 Å². The molecule has 1 fully saturated rings. The maximum absolute atomic E-state index is 12.1. The van der Waals surface area contributed by atoms with Gasteiger partial charge in [-0.25, -0.2) is 4.79 Å². The van der Waals surface area contributed by atoms with E-state index in [0.29, 0.717) is 18.1 Å². The van der Waals surface area contributed by atoms with E-state index < -0.39 is 5.60 Å². The number of benzene rings is 1. The fourth-order valence-electron chi connectivity index (χ4n) is 2.68. The minimum atomic E-state index is -0.450. The van der Waals surface area contributed by atoms with Crippen molar-refractivity contribution >= 4 is 17.7 Å². The largest absolute Gasteiger partial charge is 0.489 e. The molecule has 25 heavy (non-hydrogen) atoms. The summed E-state index contributed by atoms with van der Waals surface area (Å²) < 4.78 is 11.5. The van der Waals surface area contributed by atoms with Crippen LogP contribution in [-0.4, -0.2) is 60.3 Å². The van der Waals surface area contributed by atoms with E-state index in [0.717, 1.165) is 31.8 Å². The van der Waals surface area contributed by atoms with E-state index in [1.807, 2.05) is 45.0 Å². The average Bonchev–Trinajstić information content (AvgIpc) is 2.55. The second-order valence-electron chi connectivity index (χ2n) is 7.37.